The predicted octanol–water partition coefficient (Wildman–Crippen LogP) is 4.18. The number of nitrogens with zero attached hydrogens (tertiary/aromatic N) is 3. The van der Waals surface area contributed by atoms with Crippen LogP contribution in [0.15, 0.2) is 29.4 Å². The van der Waals surface area contributed by atoms with Crippen molar-refractivity contribution in [2.45, 2.75) is 44.9 Å². The zero-order valence-electron chi connectivity index (χ0n) is 12.2. The molecule has 1 aromatic carbocycles. The SMILES string of the molecule is Cc1ccc(/C=N\n2c(C3CCCCC3)n[nH]c2=S)cc1. The molecule has 0 bridgehead atoms. The standard InChI is InChI=1S/C16H20N4S/c1-12-7-9-13(10-8-12)11-17-20-15(18-19-16(20)21)14-5-3-2-4-6-14/h7-11,14H,2-6H2,1H3,(H,19,21)/b17-11-. The van der Waals surface area contributed by atoms with Gasteiger partial charge in [0.2, 0.25) is 4.77 Å². The summed E-state index contributed by atoms with van der Waals surface area (Å²) in [7, 11) is 0. The second-order valence-electron chi connectivity index (χ2n) is 5.69. The summed E-state index contributed by atoms with van der Waals surface area (Å²) in [5, 5.41) is 11.8. The van der Waals surface area contributed by atoms with Gasteiger partial charge in [0.1, 0.15) is 0 Å². The highest BCUT2D eigenvalue weighted by atomic mass is 32.1. The van der Waals surface area contributed by atoms with Gasteiger partial charge in [-0.15, -0.1) is 0 Å². The first-order valence-electron chi connectivity index (χ1n) is 7.52. The lowest BCUT2D eigenvalue weighted by Crippen LogP contribution is -2.10. The molecule has 1 aliphatic rings. The van der Waals surface area contributed by atoms with Crippen LogP contribution >= 0.6 is 12.2 Å². The zero-order chi connectivity index (χ0) is 14.7. The molecule has 1 fully saturated rings. The lowest BCUT2D eigenvalue weighted by molar-refractivity contribution is 0.419. The summed E-state index contributed by atoms with van der Waals surface area (Å²) >= 11 is 5.31. The van der Waals surface area contributed by atoms with Crippen molar-refractivity contribution in [3.8, 4) is 0 Å². The second-order valence-corrected chi connectivity index (χ2v) is 6.08. The minimum absolute atomic E-state index is 0.474. The van der Waals surface area contributed by atoms with Crippen molar-refractivity contribution in [3.63, 3.8) is 0 Å². The third-order valence-electron chi connectivity index (χ3n) is 4.05. The first kappa shape index (κ1) is 14.2. The topological polar surface area (TPSA) is 46.0 Å². The van der Waals surface area contributed by atoms with Crippen molar-refractivity contribution in [1.82, 2.24) is 14.9 Å². The Bertz CT molecular complexity index is 675. The average molecular weight is 300 g/mol. The molecule has 110 valence electrons. The van der Waals surface area contributed by atoms with Crippen LogP contribution in [0, 0.1) is 11.7 Å². The first-order valence-corrected chi connectivity index (χ1v) is 7.93. The van der Waals surface area contributed by atoms with E-state index in [0.29, 0.717) is 10.7 Å². The number of H-pyrrole nitrogens is 1. The minimum atomic E-state index is 0.474. The molecule has 1 aliphatic carbocycles. The third-order valence-corrected chi connectivity index (χ3v) is 4.31. The normalized spacial score (nSPS) is 16.6. The van der Waals surface area contributed by atoms with Crippen LogP contribution in [-0.4, -0.2) is 21.1 Å². The molecule has 0 spiro atoms. The van der Waals surface area contributed by atoms with Gasteiger partial charge in [0, 0.05) is 5.92 Å². The van der Waals surface area contributed by atoms with Crippen molar-refractivity contribution in [2.75, 3.05) is 0 Å². The molecule has 2 aromatic rings. The monoisotopic (exact) mass is 300 g/mol. The third kappa shape index (κ3) is 3.29. The van der Waals surface area contributed by atoms with E-state index in [-0.39, 0.29) is 0 Å². The van der Waals surface area contributed by atoms with Gasteiger partial charge in [-0.25, -0.2) is 0 Å². The van der Waals surface area contributed by atoms with Crippen LogP contribution in [0.4, 0.5) is 0 Å². The molecule has 5 heteroatoms. The van der Waals surface area contributed by atoms with Gasteiger partial charge >= 0.3 is 0 Å². The van der Waals surface area contributed by atoms with Crippen molar-refractivity contribution in [3.05, 3.63) is 46.0 Å². The van der Waals surface area contributed by atoms with Crippen molar-refractivity contribution >= 4 is 18.4 Å². The van der Waals surface area contributed by atoms with E-state index in [9.17, 15) is 0 Å². The minimum Gasteiger partial charge on any atom is -0.250 e. The molecule has 0 saturated heterocycles. The van der Waals surface area contributed by atoms with Gasteiger partial charge in [0.15, 0.2) is 5.82 Å². The number of hydrogen-bond acceptors (Lipinski definition) is 3. The number of aromatic amines is 1. The molecule has 0 amide bonds. The van der Waals surface area contributed by atoms with E-state index in [1.807, 2.05) is 6.21 Å². The summed E-state index contributed by atoms with van der Waals surface area (Å²) in [6.07, 6.45) is 8.07. The fourth-order valence-electron chi connectivity index (χ4n) is 2.82. The van der Waals surface area contributed by atoms with E-state index >= 15 is 0 Å². The summed E-state index contributed by atoms with van der Waals surface area (Å²) in [5.74, 6) is 1.45. The quantitative estimate of drug-likeness (QED) is 0.683. The maximum atomic E-state index is 5.31. The number of aromatic nitrogens is 3. The lowest BCUT2D eigenvalue weighted by atomic mass is 9.89. The molecule has 0 radical (unpaired) electrons. The first-order chi connectivity index (χ1) is 10.2. The van der Waals surface area contributed by atoms with Crippen LogP contribution in [0.2, 0.25) is 0 Å². The van der Waals surface area contributed by atoms with Crippen molar-refractivity contribution < 1.29 is 0 Å². The van der Waals surface area contributed by atoms with Gasteiger partial charge in [-0.2, -0.15) is 14.9 Å². The zero-order valence-corrected chi connectivity index (χ0v) is 13.1. The number of nitrogens with one attached hydrogen (secondary N) is 1. The molecule has 0 aliphatic heterocycles. The van der Waals surface area contributed by atoms with E-state index in [4.69, 9.17) is 12.2 Å². The molecule has 21 heavy (non-hydrogen) atoms. The molecule has 1 aromatic heterocycles. The van der Waals surface area contributed by atoms with Gasteiger partial charge in [-0.1, -0.05) is 49.1 Å². The highest BCUT2D eigenvalue weighted by molar-refractivity contribution is 7.71. The van der Waals surface area contributed by atoms with E-state index < -0.39 is 0 Å². The van der Waals surface area contributed by atoms with Gasteiger partial charge in [0.05, 0.1) is 6.21 Å². The Morgan fingerprint density at radius 1 is 1.24 bits per heavy atom. The molecule has 1 saturated carbocycles. The number of benzene rings is 1. The average Bonchev–Trinajstić information content (AvgIpc) is 2.89. The molecule has 3 rings (SSSR count). The van der Waals surface area contributed by atoms with Crippen molar-refractivity contribution in [2.24, 2.45) is 5.10 Å². The van der Waals surface area contributed by atoms with E-state index in [1.54, 1.807) is 4.68 Å². The van der Waals surface area contributed by atoms with Crippen LogP contribution in [-0.2, 0) is 0 Å². The fraction of sp³-hybridized carbons (Fsp3) is 0.438. The maximum Gasteiger partial charge on any atom is 0.216 e. The Labute approximate surface area is 129 Å². The van der Waals surface area contributed by atoms with E-state index in [0.717, 1.165) is 11.4 Å². The fourth-order valence-corrected chi connectivity index (χ4v) is 3.00. The van der Waals surface area contributed by atoms with Gasteiger partial charge in [-0.3, -0.25) is 5.10 Å². The Kier molecular flexibility index (Phi) is 4.29. The summed E-state index contributed by atoms with van der Waals surface area (Å²) in [6.45, 7) is 2.08. The molecule has 1 heterocycles. The number of hydrogen-bond donors (Lipinski definition) is 1. The molecular weight excluding hydrogens is 280 g/mol. The van der Waals surface area contributed by atoms with E-state index in [1.165, 1.54) is 37.7 Å². The van der Waals surface area contributed by atoms with Gasteiger partial charge in [0.25, 0.3) is 0 Å². The molecule has 0 atom stereocenters. The maximum absolute atomic E-state index is 5.31. The summed E-state index contributed by atoms with van der Waals surface area (Å²) in [6, 6.07) is 8.28. The Morgan fingerprint density at radius 3 is 2.67 bits per heavy atom. The largest absolute Gasteiger partial charge is 0.250 e. The second kappa shape index (κ2) is 6.35. The predicted molar refractivity (Wildman–Crippen MR) is 87.4 cm³/mol. The van der Waals surface area contributed by atoms with Gasteiger partial charge < -0.3 is 0 Å². The van der Waals surface area contributed by atoms with Crippen LogP contribution in [0.3, 0.4) is 0 Å². The molecule has 1 N–H and O–H groups in total. The smallest absolute Gasteiger partial charge is 0.216 e. The highest BCUT2D eigenvalue weighted by Crippen LogP contribution is 2.31. The van der Waals surface area contributed by atoms with Crippen LogP contribution in [0.5, 0.6) is 0 Å². The lowest BCUT2D eigenvalue weighted by Gasteiger charge is -2.19. The molecular formula is C16H20N4S. The van der Waals surface area contributed by atoms with Crippen LogP contribution in [0.25, 0.3) is 0 Å². The Balaban J connectivity index is 1.86. The van der Waals surface area contributed by atoms with Gasteiger partial charge in [-0.05, 0) is 37.5 Å². The summed E-state index contributed by atoms with van der Waals surface area (Å²) < 4.78 is 2.35. The molecule has 0 unspecified atom stereocenters. The van der Waals surface area contributed by atoms with Crippen molar-refractivity contribution in [1.29, 1.82) is 0 Å². The summed E-state index contributed by atoms with van der Waals surface area (Å²) in [5.41, 5.74) is 2.31. The Morgan fingerprint density at radius 2 is 1.95 bits per heavy atom. The summed E-state index contributed by atoms with van der Waals surface area (Å²) in [4.78, 5) is 0. The molecule has 4 nitrogen and oxygen atoms in total. The number of aryl methyl sites for hydroxylation is 1. The Hall–Kier alpha value is -1.75. The number of rotatable bonds is 3. The highest BCUT2D eigenvalue weighted by Gasteiger charge is 2.21. The van der Waals surface area contributed by atoms with E-state index in [2.05, 4.69) is 46.5 Å². The van der Waals surface area contributed by atoms with Crippen LogP contribution < -0.4 is 0 Å². The van der Waals surface area contributed by atoms with Crippen LogP contribution in [0.1, 0.15) is 55.0 Å².